The van der Waals surface area contributed by atoms with Crippen LogP contribution in [0, 0.1) is 24.1 Å². The monoisotopic (exact) mass is 635 g/mol. The van der Waals surface area contributed by atoms with E-state index in [-0.39, 0.29) is 29.8 Å². The van der Waals surface area contributed by atoms with Crippen molar-refractivity contribution in [1.29, 1.82) is 5.26 Å². The van der Waals surface area contributed by atoms with Crippen LogP contribution in [0.2, 0.25) is 0 Å². The lowest BCUT2D eigenvalue weighted by Gasteiger charge is -2.31. The van der Waals surface area contributed by atoms with Crippen molar-refractivity contribution in [3.63, 3.8) is 0 Å². The maximum Gasteiger partial charge on any atom is 0.435 e. The maximum absolute atomic E-state index is 15.6. The molecule has 0 atom stereocenters. The Hall–Kier alpha value is -4.81. The standard InChI is InChI=1S/C28H19F10N3O3/c1-3-41(24(43)16-9-7-15(13-39)8-10-16)19-6-4-5-18(21(19)29)23(42)40-22-14(2)11-17(12-20(22)44-25(30)31)26(32,27(33,34)35)28(36,37)38/h4-12,25H,3H2,1-2H3,(H,40,42). The van der Waals surface area contributed by atoms with Crippen LogP contribution in [0.15, 0.2) is 54.6 Å². The van der Waals surface area contributed by atoms with Crippen molar-refractivity contribution in [3.05, 3.63) is 88.2 Å². The summed E-state index contributed by atoms with van der Waals surface area (Å²) in [7, 11) is 0. The van der Waals surface area contributed by atoms with Gasteiger partial charge in [-0.05, 0) is 67.9 Å². The van der Waals surface area contributed by atoms with Gasteiger partial charge in [-0.2, -0.15) is 40.4 Å². The van der Waals surface area contributed by atoms with Crippen molar-refractivity contribution in [1.82, 2.24) is 0 Å². The fourth-order valence-corrected chi connectivity index (χ4v) is 4.14. The van der Waals surface area contributed by atoms with E-state index in [4.69, 9.17) is 5.26 Å². The van der Waals surface area contributed by atoms with E-state index in [0.29, 0.717) is 0 Å². The van der Waals surface area contributed by atoms with Gasteiger partial charge in [0.2, 0.25) is 0 Å². The highest BCUT2D eigenvalue weighted by Crippen LogP contribution is 2.54. The van der Waals surface area contributed by atoms with Crippen molar-refractivity contribution in [2.24, 2.45) is 0 Å². The molecule has 1 N–H and O–H groups in total. The second-order valence-electron chi connectivity index (χ2n) is 9.03. The normalized spacial score (nSPS) is 12.1. The summed E-state index contributed by atoms with van der Waals surface area (Å²) < 4.78 is 140. The highest BCUT2D eigenvalue weighted by atomic mass is 19.4. The maximum atomic E-state index is 15.6. The molecule has 3 rings (SSSR count). The van der Waals surface area contributed by atoms with Crippen molar-refractivity contribution >= 4 is 23.2 Å². The van der Waals surface area contributed by atoms with Gasteiger partial charge in [-0.25, -0.2) is 8.78 Å². The number of halogens is 10. The number of nitrogens with zero attached hydrogens (tertiary/aromatic N) is 2. The number of rotatable bonds is 8. The topological polar surface area (TPSA) is 82.4 Å². The zero-order chi connectivity index (χ0) is 33.2. The van der Waals surface area contributed by atoms with Crippen LogP contribution in [0.5, 0.6) is 5.75 Å². The Kier molecular flexibility index (Phi) is 9.52. The molecular formula is C28H19F10N3O3. The second kappa shape index (κ2) is 12.4. The van der Waals surface area contributed by atoms with Crippen LogP contribution in [-0.4, -0.2) is 37.3 Å². The van der Waals surface area contributed by atoms with E-state index < -0.39 is 76.1 Å². The first kappa shape index (κ1) is 33.7. The second-order valence-corrected chi connectivity index (χ2v) is 9.03. The van der Waals surface area contributed by atoms with Crippen LogP contribution >= 0.6 is 0 Å². The zero-order valence-corrected chi connectivity index (χ0v) is 22.4. The summed E-state index contributed by atoms with van der Waals surface area (Å²) in [5.74, 6) is -4.95. The Bertz CT molecular complexity index is 1580. The highest BCUT2D eigenvalue weighted by molar-refractivity contribution is 6.09. The number of carbonyl (C=O) groups excluding carboxylic acids is 2. The molecular weight excluding hydrogens is 616 g/mol. The fourth-order valence-electron chi connectivity index (χ4n) is 4.14. The first-order valence-electron chi connectivity index (χ1n) is 12.2. The van der Waals surface area contributed by atoms with Gasteiger partial charge in [-0.15, -0.1) is 0 Å². The number of nitrogens with one attached hydrogen (secondary N) is 1. The molecule has 0 aromatic heterocycles. The third-order valence-electron chi connectivity index (χ3n) is 6.27. The number of ether oxygens (including phenoxy) is 1. The summed E-state index contributed by atoms with van der Waals surface area (Å²) in [5, 5.41) is 10.8. The minimum Gasteiger partial charge on any atom is -0.433 e. The molecule has 0 unspecified atom stereocenters. The third-order valence-corrected chi connectivity index (χ3v) is 6.27. The van der Waals surface area contributed by atoms with Gasteiger partial charge in [-0.1, -0.05) is 6.07 Å². The number of amides is 2. The Balaban J connectivity index is 2.06. The quantitative estimate of drug-likeness (QED) is 0.256. The van der Waals surface area contributed by atoms with Crippen LogP contribution in [-0.2, 0) is 5.67 Å². The molecule has 0 spiro atoms. The average Bonchev–Trinajstić information content (AvgIpc) is 2.93. The van der Waals surface area contributed by atoms with E-state index >= 15 is 4.39 Å². The number of anilines is 2. The van der Waals surface area contributed by atoms with Crippen LogP contribution in [0.25, 0.3) is 0 Å². The number of aryl methyl sites for hydroxylation is 1. The van der Waals surface area contributed by atoms with E-state index in [1.54, 1.807) is 0 Å². The molecule has 3 aromatic rings. The van der Waals surface area contributed by atoms with Crippen molar-refractivity contribution in [3.8, 4) is 11.8 Å². The van der Waals surface area contributed by atoms with Crippen molar-refractivity contribution in [2.75, 3.05) is 16.8 Å². The molecule has 0 aliphatic carbocycles. The first-order chi connectivity index (χ1) is 20.4. The fraction of sp³-hybridized carbons (Fsp3) is 0.250. The number of hydrogen-bond donors (Lipinski definition) is 1. The Morgan fingerprint density at radius 1 is 0.977 bits per heavy atom. The summed E-state index contributed by atoms with van der Waals surface area (Å²) >= 11 is 0. The molecule has 44 heavy (non-hydrogen) atoms. The molecule has 0 saturated carbocycles. The smallest absolute Gasteiger partial charge is 0.433 e. The number of nitriles is 1. The third kappa shape index (κ3) is 6.41. The van der Waals surface area contributed by atoms with Gasteiger partial charge in [0, 0.05) is 17.7 Å². The van der Waals surface area contributed by atoms with Gasteiger partial charge in [-0.3, -0.25) is 9.59 Å². The molecule has 0 saturated heterocycles. The van der Waals surface area contributed by atoms with E-state index in [2.05, 4.69) is 4.74 Å². The van der Waals surface area contributed by atoms with Crippen LogP contribution < -0.4 is 15.0 Å². The van der Waals surface area contributed by atoms with Gasteiger partial charge in [0.05, 0.1) is 28.6 Å². The van der Waals surface area contributed by atoms with E-state index in [9.17, 15) is 49.1 Å². The SMILES string of the molecule is CCN(C(=O)c1ccc(C#N)cc1)c1cccc(C(=O)Nc2c(C)cc(C(F)(C(F)(F)F)C(F)(F)F)cc2OC(F)F)c1F. The lowest BCUT2D eigenvalue weighted by molar-refractivity contribution is -0.348. The minimum absolute atomic E-state index is 0.0246. The Morgan fingerprint density at radius 3 is 2.07 bits per heavy atom. The lowest BCUT2D eigenvalue weighted by atomic mass is 9.92. The minimum atomic E-state index is -6.57. The predicted octanol–water partition coefficient (Wildman–Crippen LogP) is 7.82. The number of benzene rings is 3. The first-order valence-corrected chi connectivity index (χ1v) is 12.2. The van der Waals surface area contributed by atoms with Crippen molar-refractivity contribution < 1.29 is 58.2 Å². The molecule has 0 radical (unpaired) electrons. The summed E-state index contributed by atoms with van der Waals surface area (Å²) in [6, 6.07) is 10.0. The van der Waals surface area contributed by atoms with E-state index in [0.717, 1.165) is 30.0 Å². The molecule has 0 fully saturated rings. The van der Waals surface area contributed by atoms with Gasteiger partial charge in [0.25, 0.3) is 11.8 Å². The molecule has 2 amide bonds. The van der Waals surface area contributed by atoms with Gasteiger partial charge in [0.1, 0.15) is 5.75 Å². The van der Waals surface area contributed by atoms with Gasteiger partial charge < -0.3 is 15.0 Å². The molecule has 234 valence electrons. The molecule has 0 heterocycles. The number of carbonyl (C=O) groups is 2. The van der Waals surface area contributed by atoms with Crippen LogP contribution in [0.4, 0.5) is 55.3 Å². The number of alkyl halides is 9. The Morgan fingerprint density at radius 2 is 1.57 bits per heavy atom. The molecule has 16 heteroatoms. The summed E-state index contributed by atoms with van der Waals surface area (Å²) in [5.41, 5.74) is -10.8. The summed E-state index contributed by atoms with van der Waals surface area (Å²) in [4.78, 5) is 27.0. The lowest BCUT2D eigenvalue weighted by Crippen LogP contribution is -2.50. The Labute approximate surface area is 242 Å². The molecule has 6 nitrogen and oxygen atoms in total. The number of hydrogen-bond acceptors (Lipinski definition) is 4. The predicted molar refractivity (Wildman–Crippen MR) is 136 cm³/mol. The van der Waals surface area contributed by atoms with Gasteiger partial charge >= 0.3 is 24.6 Å². The summed E-state index contributed by atoms with van der Waals surface area (Å²) in [6.07, 6.45) is -13.1. The summed E-state index contributed by atoms with van der Waals surface area (Å²) in [6.45, 7) is -1.74. The molecule has 0 aliphatic rings. The largest absolute Gasteiger partial charge is 0.435 e. The van der Waals surface area contributed by atoms with E-state index in [1.165, 1.54) is 31.2 Å². The highest BCUT2D eigenvalue weighted by Gasteiger charge is 2.73. The van der Waals surface area contributed by atoms with Crippen molar-refractivity contribution in [2.45, 2.75) is 38.5 Å². The van der Waals surface area contributed by atoms with E-state index in [1.807, 2.05) is 11.4 Å². The van der Waals surface area contributed by atoms with Gasteiger partial charge in [0.15, 0.2) is 5.82 Å². The average molecular weight is 635 g/mol. The van der Waals surface area contributed by atoms with Crippen LogP contribution in [0.3, 0.4) is 0 Å². The molecule has 0 bridgehead atoms. The van der Waals surface area contributed by atoms with Crippen LogP contribution in [0.1, 0.15) is 44.3 Å². The molecule has 0 aliphatic heterocycles. The zero-order valence-electron chi connectivity index (χ0n) is 22.4. The molecule has 3 aromatic carbocycles.